The molecule has 7 nitrogen and oxygen atoms in total. The van der Waals surface area contributed by atoms with E-state index in [4.69, 9.17) is 4.74 Å². The average Bonchev–Trinajstić information content (AvgIpc) is 3.38. The third kappa shape index (κ3) is 5.15. The summed E-state index contributed by atoms with van der Waals surface area (Å²) in [6, 6.07) is -0.632. The molecule has 35 heavy (non-hydrogen) atoms. The van der Waals surface area contributed by atoms with E-state index in [2.05, 4.69) is 41.2 Å². The van der Waals surface area contributed by atoms with Crippen LogP contribution in [0.4, 0.5) is 0 Å². The molecule has 3 fully saturated rings. The molecule has 2 bridgehead atoms. The molecule has 5 atom stereocenters. The highest BCUT2D eigenvalue weighted by molar-refractivity contribution is 8.02. The minimum Gasteiger partial charge on any atom is -0.466 e. The van der Waals surface area contributed by atoms with Gasteiger partial charge in [0.25, 0.3) is 0 Å². The Labute approximate surface area is 215 Å². The van der Waals surface area contributed by atoms with E-state index in [-0.39, 0.29) is 41.7 Å². The van der Waals surface area contributed by atoms with Gasteiger partial charge in [0, 0.05) is 30.5 Å². The van der Waals surface area contributed by atoms with Crippen molar-refractivity contribution in [3.63, 3.8) is 0 Å². The highest BCUT2D eigenvalue weighted by Crippen LogP contribution is 2.66. The van der Waals surface area contributed by atoms with Crippen molar-refractivity contribution in [1.29, 1.82) is 0 Å². The van der Waals surface area contributed by atoms with E-state index in [0.717, 1.165) is 19.3 Å². The number of ether oxygens (including phenoxy) is 1. The maximum atomic E-state index is 14.5. The number of unbranched alkanes of at least 4 members (excludes halogenated alkanes) is 1. The zero-order valence-corrected chi connectivity index (χ0v) is 23.2. The minimum absolute atomic E-state index is 0.00585. The smallest absolute Gasteiger partial charge is 0.310 e. The second-order valence-corrected chi connectivity index (χ2v) is 13.7. The fourth-order valence-electron chi connectivity index (χ4n) is 6.88. The van der Waals surface area contributed by atoms with E-state index in [0.29, 0.717) is 25.9 Å². The SMILES string of the molecule is C=CCN(C(=O)C1N(CCCCO)C(=O)[C@@H]2[C@@H](C(=O)OCC)[C@H]3CCC12S3)C(C)(C)CC(C)(C)C. The Balaban J connectivity index is 2.04. The summed E-state index contributed by atoms with van der Waals surface area (Å²) in [4.78, 5) is 45.0. The number of thioether (sulfide) groups is 1. The largest absolute Gasteiger partial charge is 0.466 e. The molecule has 3 saturated heterocycles. The molecule has 0 saturated carbocycles. The van der Waals surface area contributed by atoms with Crippen LogP contribution < -0.4 is 0 Å². The normalized spacial score (nSPS) is 29.9. The van der Waals surface area contributed by atoms with Crippen LogP contribution >= 0.6 is 11.8 Å². The standard InChI is InChI=1S/C27H44N2O5S/c1-8-14-29(26(6,7)17-25(3,4)5)23(32)21-27-13-12-18(35-27)19(24(33)34-9-2)20(27)22(31)28(21)15-10-11-16-30/h8,18-21,30H,1,9-17H2,2-7H3/t18-,19+,20+,21?,27?/m1/s1. The summed E-state index contributed by atoms with van der Waals surface area (Å²) >= 11 is 1.67. The molecule has 1 spiro atoms. The van der Waals surface area contributed by atoms with Crippen molar-refractivity contribution in [2.75, 3.05) is 26.3 Å². The molecule has 1 N–H and O–H groups in total. The molecule has 0 aliphatic carbocycles. The minimum atomic E-state index is -0.632. The van der Waals surface area contributed by atoms with Crippen LogP contribution in [-0.4, -0.2) is 80.6 Å². The third-order valence-electron chi connectivity index (χ3n) is 7.67. The van der Waals surface area contributed by atoms with Crippen molar-refractivity contribution in [3.8, 4) is 0 Å². The molecule has 0 aromatic rings. The van der Waals surface area contributed by atoms with Crippen LogP contribution in [0.5, 0.6) is 0 Å². The number of fused-ring (bicyclic) bond motifs is 1. The van der Waals surface area contributed by atoms with Crippen molar-refractivity contribution in [2.24, 2.45) is 17.3 Å². The first-order chi connectivity index (χ1) is 16.3. The molecule has 3 rings (SSSR count). The number of carbonyl (C=O) groups excluding carboxylic acids is 3. The molecule has 0 aromatic carbocycles. The van der Waals surface area contributed by atoms with Crippen molar-refractivity contribution in [1.82, 2.24) is 9.80 Å². The summed E-state index contributed by atoms with van der Waals surface area (Å²) in [5, 5.41) is 9.35. The highest BCUT2D eigenvalue weighted by Gasteiger charge is 2.74. The van der Waals surface area contributed by atoms with Crippen LogP contribution in [0.1, 0.15) is 73.6 Å². The van der Waals surface area contributed by atoms with Crippen LogP contribution in [0, 0.1) is 17.3 Å². The van der Waals surface area contributed by atoms with Crippen molar-refractivity contribution >= 4 is 29.5 Å². The van der Waals surface area contributed by atoms with Crippen molar-refractivity contribution in [2.45, 2.75) is 95.2 Å². The third-order valence-corrected chi connectivity index (χ3v) is 9.62. The zero-order valence-electron chi connectivity index (χ0n) is 22.3. The van der Waals surface area contributed by atoms with Gasteiger partial charge in [-0.05, 0) is 58.3 Å². The number of amides is 2. The molecule has 0 aromatic heterocycles. The van der Waals surface area contributed by atoms with Gasteiger partial charge in [0.05, 0.1) is 23.2 Å². The number of esters is 1. The summed E-state index contributed by atoms with van der Waals surface area (Å²) in [5.41, 5.74) is -0.439. The Bertz CT molecular complexity index is 838. The van der Waals surface area contributed by atoms with Crippen LogP contribution in [0.3, 0.4) is 0 Å². The lowest BCUT2D eigenvalue weighted by atomic mass is 9.71. The monoisotopic (exact) mass is 508 g/mol. The van der Waals surface area contributed by atoms with Crippen LogP contribution in [0.25, 0.3) is 0 Å². The van der Waals surface area contributed by atoms with Crippen molar-refractivity contribution in [3.05, 3.63) is 12.7 Å². The molecular formula is C27H44N2O5S. The van der Waals surface area contributed by atoms with Crippen LogP contribution in [0.15, 0.2) is 12.7 Å². The molecule has 3 heterocycles. The predicted octanol–water partition coefficient (Wildman–Crippen LogP) is 3.64. The summed E-state index contributed by atoms with van der Waals surface area (Å²) in [6.07, 6.45) is 5.26. The second kappa shape index (κ2) is 10.4. The maximum absolute atomic E-state index is 14.5. The van der Waals surface area contributed by atoms with E-state index in [1.807, 2.05) is 4.90 Å². The molecule has 3 aliphatic heterocycles. The lowest BCUT2D eigenvalue weighted by Gasteiger charge is -2.46. The predicted molar refractivity (Wildman–Crippen MR) is 139 cm³/mol. The number of aliphatic hydroxyl groups excluding tert-OH is 1. The number of rotatable bonds is 11. The Morgan fingerprint density at radius 1 is 1.29 bits per heavy atom. The van der Waals surface area contributed by atoms with Gasteiger partial charge in [-0.25, -0.2) is 0 Å². The Morgan fingerprint density at radius 2 is 1.97 bits per heavy atom. The summed E-state index contributed by atoms with van der Waals surface area (Å²) in [7, 11) is 0. The molecule has 198 valence electrons. The molecule has 3 aliphatic rings. The lowest BCUT2D eigenvalue weighted by Crippen LogP contribution is -2.60. The van der Waals surface area contributed by atoms with Gasteiger partial charge in [-0.3, -0.25) is 14.4 Å². The van der Waals surface area contributed by atoms with Gasteiger partial charge in [-0.2, -0.15) is 0 Å². The maximum Gasteiger partial charge on any atom is 0.310 e. The Morgan fingerprint density at radius 3 is 2.54 bits per heavy atom. The van der Waals surface area contributed by atoms with Gasteiger partial charge in [0.1, 0.15) is 6.04 Å². The molecule has 0 radical (unpaired) electrons. The number of carbonyl (C=O) groups is 3. The topological polar surface area (TPSA) is 87.2 Å². The van der Waals surface area contributed by atoms with Gasteiger partial charge in [-0.15, -0.1) is 18.3 Å². The van der Waals surface area contributed by atoms with Crippen molar-refractivity contribution < 1.29 is 24.2 Å². The molecule has 8 heteroatoms. The second-order valence-electron chi connectivity index (χ2n) is 12.1. The van der Waals surface area contributed by atoms with Crippen LogP contribution in [-0.2, 0) is 19.1 Å². The van der Waals surface area contributed by atoms with Gasteiger partial charge >= 0.3 is 5.97 Å². The molecule has 2 amide bonds. The summed E-state index contributed by atoms with van der Waals surface area (Å²) in [5.74, 6) is -1.53. The first kappa shape index (κ1) is 28.0. The van der Waals surface area contributed by atoms with Crippen LogP contribution in [0.2, 0.25) is 0 Å². The summed E-state index contributed by atoms with van der Waals surface area (Å²) in [6.45, 7) is 17.5. The Hall–Kier alpha value is -1.54. The lowest BCUT2D eigenvalue weighted by molar-refractivity contribution is -0.153. The van der Waals surface area contributed by atoms with Gasteiger partial charge < -0.3 is 19.6 Å². The first-order valence-corrected chi connectivity index (χ1v) is 13.9. The van der Waals surface area contributed by atoms with E-state index >= 15 is 0 Å². The molecule has 2 unspecified atom stereocenters. The van der Waals surface area contributed by atoms with E-state index in [9.17, 15) is 19.5 Å². The fraction of sp³-hybridized carbons (Fsp3) is 0.815. The van der Waals surface area contributed by atoms with E-state index < -0.39 is 28.2 Å². The highest BCUT2D eigenvalue weighted by atomic mass is 32.2. The Kier molecular flexibility index (Phi) is 8.37. The average molecular weight is 509 g/mol. The van der Waals surface area contributed by atoms with E-state index in [1.54, 1.807) is 29.7 Å². The summed E-state index contributed by atoms with van der Waals surface area (Å²) < 4.78 is 4.77. The van der Waals surface area contributed by atoms with E-state index in [1.165, 1.54) is 0 Å². The molecular weight excluding hydrogens is 464 g/mol. The number of hydrogen-bond donors (Lipinski definition) is 1. The zero-order chi connectivity index (χ0) is 26.2. The number of likely N-dealkylation sites (tertiary alicyclic amines) is 1. The number of aliphatic hydroxyl groups is 1. The van der Waals surface area contributed by atoms with Gasteiger partial charge in [0.2, 0.25) is 11.8 Å². The fourth-order valence-corrected chi connectivity index (χ4v) is 9.08. The van der Waals surface area contributed by atoms with Gasteiger partial charge in [0.15, 0.2) is 0 Å². The number of nitrogens with zero attached hydrogens (tertiary/aromatic N) is 2. The van der Waals surface area contributed by atoms with Gasteiger partial charge in [-0.1, -0.05) is 26.8 Å². The first-order valence-electron chi connectivity index (χ1n) is 13.0. The number of hydrogen-bond acceptors (Lipinski definition) is 6. The quantitative estimate of drug-likeness (QED) is 0.260.